The fourth-order valence-corrected chi connectivity index (χ4v) is 1.94. The van der Waals surface area contributed by atoms with Gasteiger partial charge in [-0.2, -0.15) is 0 Å². The third-order valence-corrected chi connectivity index (χ3v) is 3.94. The van der Waals surface area contributed by atoms with Crippen molar-refractivity contribution >= 4 is 46.1 Å². The molecule has 0 aliphatic rings. The molecule has 1 aromatic rings. The predicted molar refractivity (Wildman–Crippen MR) is 72.2 cm³/mol. The van der Waals surface area contributed by atoms with Crippen LogP contribution in [-0.2, 0) is 0 Å². The van der Waals surface area contributed by atoms with Crippen LogP contribution >= 0.6 is 35.2 Å². The summed E-state index contributed by atoms with van der Waals surface area (Å²) >= 11 is 11.9. The lowest BCUT2D eigenvalue weighted by atomic mass is 9.94. The van der Waals surface area contributed by atoms with E-state index in [1.807, 2.05) is 13.8 Å². The van der Waals surface area contributed by atoms with Gasteiger partial charge in [0.2, 0.25) is 0 Å². The van der Waals surface area contributed by atoms with Crippen LogP contribution in [0.4, 0.5) is 0 Å². The van der Waals surface area contributed by atoms with Crippen LogP contribution in [0.2, 0.25) is 4.34 Å². The normalized spacial score (nSPS) is 11.2. The molecule has 3 N–H and O–H groups in total. The molecule has 1 rings (SSSR count). The highest BCUT2D eigenvalue weighted by Gasteiger charge is 2.22. The van der Waals surface area contributed by atoms with Crippen LogP contribution in [0.5, 0.6) is 0 Å². The van der Waals surface area contributed by atoms with E-state index < -0.39 is 0 Å². The molecule has 1 heterocycles. The quantitative estimate of drug-likeness (QED) is 0.831. The fourth-order valence-electron chi connectivity index (χ4n) is 0.912. The van der Waals surface area contributed by atoms with Gasteiger partial charge in [0.15, 0.2) is 0 Å². The zero-order valence-corrected chi connectivity index (χ0v) is 11.4. The number of carbonyl (C=O) groups excluding carboxylic acids is 1. The van der Waals surface area contributed by atoms with Gasteiger partial charge in [-0.05, 0) is 12.1 Å². The van der Waals surface area contributed by atoms with Crippen LogP contribution in [0.25, 0.3) is 0 Å². The monoisotopic (exact) mass is 276 g/mol. The third kappa shape index (κ3) is 3.43. The molecule has 0 aliphatic carbocycles. The first kappa shape index (κ1) is 13.4. The smallest absolute Gasteiger partial charge is 0.261 e. The first-order valence-corrected chi connectivity index (χ1v) is 6.26. The average molecular weight is 277 g/mol. The van der Waals surface area contributed by atoms with Gasteiger partial charge in [-0.1, -0.05) is 37.7 Å². The number of thiocarbonyl (C=S) groups is 1. The summed E-state index contributed by atoms with van der Waals surface area (Å²) in [5.41, 5.74) is 5.18. The lowest BCUT2D eigenvalue weighted by Gasteiger charge is -2.23. The van der Waals surface area contributed by atoms with Gasteiger partial charge in [0.25, 0.3) is 5.91 Å². The molecule has 16 heavy (non-hydrogen) atoms. The van der Waals surface area contributed by atoms with E-state index in [4.69, 9.17) is 29.6 Å². The number of halogens is 1. The van der Waals surface area contributed by atoms with Crippen LogP contribution in [0.3, 0.4) is 0 Å². The SMILES string of the molecule is CC(C)(CNC(=O)c1ccc(Cl)s1)C(N)=S. The van der Waals surface area contributed by atoms with Crippen LogP contribution in [0.1, 0.15) is 23.5 Å². The number of nitrogens with two attached hydrogens (primary N) is 1. The summed E-state index contributed by atoms with van der Waals surface area (Å²) in [6.07, 6.45) is 0. The minimum atomic E-state index is -0.383. The third-order valence-electron chi connectivity index (χ3n) is 2.15. The molecule has 0 fully saturated rings. The Balaban J connectivity index is 2.57. The van der Waals surface area contributed by atoms with Gasteiger partial charge in [0.1, 0.15) is 0 Å². The average Bonchev–Trinajstić information content (AvgIpc) is 2.61. The molecule has 0 bridgehead atoms. The zero-order valence-electron chi connectivity index (χ0n) is 9.04. The maximum Gasteiger partial charge on any atom is 0.261 e. The molecule has 0 saturated carbocycles. The van der Waals surface area contributed by atoms with Crippen molar-refractivity contribution in [2.24, 2.45) is 11.1 Å². The van der Waals surface area contributed by atoms with E-state index in [9.17, 15) is 4.79 Å². The molecule has 6 heteroatoms. The van der Waals surface area contributed by atoms with Crippen molar-refractivity contribution < 1.29 is 4.79 Å². The van der Waals surface area contributed by atoms with Crippen LogP contribution < -0.4 is 11.1 Å². The molecule has 0 radical (unpaired) electrons. The van der Waals surface area contributed by atoms with Gasteiger partial charge in [0, 0.05) is 12.0 Å². The van der Waals surface area contributed by atoms with Gasteiger partial charge >= 0.3 is 0 Å². The van der Waals surface area contributed by atoms with Crippen molar-refractivity contribution in [3.63, 3.8) is 0 Å². The van der Waals surface area contributed by atoms with E-state index in [1.165, 1.54) is 11.3 Å². The second-order valence-corrected chi connectivity index (χ2v) is 6.19. The molecule has 1 aromatic heterocycles. The van der Waals surface area contributed by atoms with Crippen molar-refractivity contribution in [2.45, 2.75) is 13.8 Å². The maximum atomic E-state index is 11.7. The number of nitrogens with one attached hydrogen (secondary N) is 1. The summed E-state index contributed by atoms with van der Waals surface area (Å²) in [4.78, 5) is 12.7. The minimum Gasteiger partial charge on any atom is -0.393 e. The summed E-state index contributed by atoms with van der Waals surface area (Å²) in [7, 11) is 0. The largest absolute Gasteiger partial charge is 0.393 e. The van der Waals surface area contributed by atoms with Gasteiger partial charge < -0.3 is 11.1 Å². The van der Waals surface area contributed by atoms with E-state index in [0.29, 0.717) is 20.7 Å². The summed E-state index contributed by atoms with van der Waals surface area (Å²) < 4.78 is 0.596. The number of carbonyl (C=O) groups is 1. The maximum absolute atomic E-state index is 11.7. The van der Waals surface area contributed by atoms with E-state index in [1.54, 1.807) is 12.1 Å². The summed E-state index contributed by atoms with van der Waals surface area (Å²) in [5, 5.41) is 2.78. The molecular formula is C10H13ClN2OS2. The van der Waals surface area contributed by atoms with Crippen molar-refractivity contribution in [1.82, 2.24) is 5.32 Å². The molecule has 0 aliphatic heterocycles. The molecule has 88 valence electrons. The molecule has 0 atom stereocenters. The fraction of sp³-hybridized carbons (Fsp3) is 0.400. The Morgan fingerprint density at radius 3 is 2.69 bits per heavy atom. The van der Waals surface area contributed by atoms with E-state index in [-0.39, 0.29) is 11.3 Å². The Bertz CT molecular complexity index is 415. The van der Waals surface area contributed by atoms with Crippen molar-refractivity contribution in [3.05, 3.63) is 21.3 Å². The van der Waals surface area contributed by atoms with Crippen LogP contribution in [0.15, 0.2) is 12.1 Å². The van der Waals surface area contributed by atoms with Crippen molar-refractivity contribution in [1.29, 1.82) is 0 Å². The first-order chi connectivity index (χ1) is 7.33. The van der Waals surface area contributed by atoms with Gasteiger partial charge in [0.05, 0.1) is 14.2 Å². The van der Waals surface area contributed by atoms with Gasteiger partial charge in [-0.25, -0.2) is 0 Å². The lowest BCUT2D eigenvalue weighted by Crippen LogP contribution is -2.41. The topological polar surface area (TPSA) is 55.1 Å². The molecular weight excluding hydrogens is 264 g/mol. The number of thiophene rings is 1. The standard InChI is InChI=1S/C10H13ClN2OS2/c1-10(2,9(12)15)5-13-8(14)6-3-4-7(11)16-6/h3-4H,5H2,1-2H3,(H2,12,15)(H,13,14). The minimum absolute atomic E-state index is 0.152. The van der Waals surface area contributed by atoms with E-state index in [0.717, 1.165) is 0 Å². The molecule has 3 nitrogen and oxygen atoms in total. The van der Waals surface area contributed by atoms with Crippen molar-refractivity contribution in [2.75, 3.05) is 6.54 Å². The number of amides is 1. The van der Waals surface area contributed by atoms with Crippen molar-refractivity contribution in [3.8, 4) is 0 Å². The zero-order chi connectivity index (χ0) is 12.3. The molecule has 0 unspecified atom stereocenters. The highest BCUT2D eigenvalue weighted by molar-refractivity contribution is 7.80. The Morgan fingerprint density at radius 1 is 1.62 bits per heavy atom. The van der Waals surface area contributed by atoms with E-state index >= 15 is 0 Å². The Hall–Kier alpha value is -0.650. The van der Waals surface area contributed by atoms with E-state index in [2.05, 4.69) is 5.32 Å². The van der Waals surface area contributed by atoms with Crippen LogP contribution in [-0.4, -0.2) is 17.4 Å². The number of rotatable bonds is 4. The highest BCUT2D eigenvalue weighted by Crippen LogP contribution is 2.21. The van der Waals surface area contributed by atoms with Crippen LogP contribution in [0, 0.1) is 5.41 Å². The predicted octanol–water partition coefficient (Wildman–Crippen LogP) is 2.44. The molecule has 0 saturated heterocycles. The molecule has 1 amide bonds. The summed E-state index contributed by atoms with van der Waals surface area (Å²) in [5.74, 6) is -0.152. The molecule has 0 aromatic carbocycles. The van der Waals surface area contributed by atoms with Gasteiger partial charge in [-0.15, -0.1) is 11.3 Å². The number of hydrogen-bond donors (Lipinski definition) is 2. The first-order valence-electron chi connectivity index (χ1n) is 4.66. The Kier molecular flexibility index (Phi) is 4.29. The molecule has 0 spiro atoms. The second-order valence-electron chi connectivity index (χ2n) is 4.03. The second kappa shape index (κ2) is 5.12. The Labute approximate surface area is 109 Å². The number of hydrogen-bond acceptors (Lipinski definition) is 3. The summed E-state index contributed by atoms with van der Waals surface area (Å²) in [6, 6.07) is 3.38. The lowest BCUT2D eigenvalue weighted by molar-refractivity contribution is 0.0949. The summed E-state index contributed by atoms with van der Waals surface area (Å²) in [6.45, 7) is 4.19. The Morgan fingerprint density at radius 2 is 2.25 bits per heavy atom. The highest BCUT2D eigenvalue weighted by atomic mass is 35.5. The van der Waals surface area contributed by atoms with Gasteiger partial charge in [-0.3, -0.25) is 4.79 Å².